The number of piperidine rings is 1. The standard InChI is InChI=1S/C29H28Cl2N4O5/c1-39-22-7-4-5-19(15-22)28(38)35-25(26(36)33-17-21-6-2-3-12-32-21)18-40-29(35)10-13-34(14-11-29)27(37)20-8-9-23(30)24(31)16-20/h2-9,12,15-16,25H,10-11,13-14,17-18H2,1H3,(H,33,36). The van der Waals surface area contributed by atoms with Crippen molar-refractivity contribution in [3.8, 4) is 5.75 Å². The van der Waals surface area contributed by atoms with E-state index in [1.807, 2.05) is 12.1 Å². The van der Waals surface area contributed by atoms with Crippen molar-refractivity contribution in [3.63, 3.8) is 0 Å². The summed E-state index contributed by atoms with van der Waals surface area (Å²) < 4.78 is 11.6. The Morgan fingerprint density at radius 2 is 1.77 bits per heavy atom. The quantitative estimate of drug-likeness (QED) is 0.467. The molecule has 11 heteroatoms. The van der Waals surface area contributed by atoms with E-state index in [0.29, 0.717) is 58.5 Å². The van der Waals surface area contributed by atoms with E-state index in [-0.39, 0.29) is 30.9 Å². The van der Waals surface area contributed by atoms with Gasteiger partial charge < -0.3 is 19.7 Å². The second kappa shape index (κ2) is 11.8. The molecule has 0 bridgehead atoms. The van der Waals surface area contributed by atoms with Gasteiger partial charge in [0, 0.05) is 43.3 Å². The van der Waals surface area contributed by atoms with Crippen molar-refractivity contribution in [2.45, 2.75) is 31.2 Å². The zero-order chi connectivity index (χ0) is 28.3. The lowest BCUT2D eigenvalue weighted by Crippen LogP contribution is -2.59. The van der Waals surface area contributed by atoms with E-state index in [0.717, 1.165) is 0 Å². The minimum absolute atomic E-state index is 0.0322. The van der Waals surface area contributed by atoms with Crippen molar-refractivity contribution in [1.29, 1.82) is 0 Å². The molecule has 9 nitrogen and oxygen atoms in total. The number of hydrogen-bond acceptors (Lipinski definition) is 6. The molecule has 1 unspecified atom stereocenters. The summed E-state index contributed by atoms with van der Waals surface area (Å²) in [6.07, 6.45) is 2.32. The topological polar surface area (TPSA) is 101 Å². The van der Waals surface area contributed by atoms with Crippen LogP contribution in [0.15, 0.2) is 66.9 Å². The summed E-state index contributed by atoms with van der Waals surface area (Å²) in [6, 6.07) is 16.2. The smallest absolute Gasteiger partial charge is 0.257 e. The number of pyridine rings is 1. The molecule has 2 saturated heterocycles. The van der Waals surface area contributed by atoms with Gasteiger partial charge in [-0.05, 0) is 48.5 Å². The highest BCUT2D eigenvalue weighted by Gasteiger charge is 2.54. The fourth-order valence-corrected chi connectivity index (χ4v) is 5.43. The van der Waals surface area contributed by atoms with Crippen LogP contribution in [0.4, 0.5) is 0 Å². The number of amides is 3. The number of aromatic nitrogens is 1. The van der Waals surface area contributed by atoms with Crippen molar-refractivity contribution < 1.29 is 23.9 Å². The molecule has 0 aliphatic carbocycles. The largest absolute Gasteiger partial charge is 0.497 e. The Bertz CT molecular complexity index is 1410. The lowest BCUT2D eigenvalue weighted by molar-refractivity contribution is -0.128. The van der Waals surface area contributed by atoms with Crippen molar-refractivity contribution in [2.24, 2.45) is 0 Å². The van der Waals surface area contributed by atoms with Gasteiger partial charge in [0.1, 0.15) is 17.5 Å². The summed E-state index contributed by atoms with van der Waals surface area (Å²) in [6.45, 7) is 0.896. The van der Waals surface area contributed by atoms with Crippen LogP contribution >= 0.6 is 23.2 Å². The molecule has 0 saturated carbocycles. The second-order valence-corrected chi connectivity index (χ2v) is 10.5. The number of halogens is 2. The zero-order valence-electron chi connectivity index (χ0n) is 21.8. The average Bonchev–Trinajstić information content (AvgIpc) is 3.35. The molecule has 40 heavy (non-hydrogen) atoms. The van der Waals surface area contributed by atoms with E-state index in [1.54, 1.807) is 59.6 Å². The number of likely N-dealkylation sites (tertiary alicyclic amines) is 1. The maximum Gasteiger partial charge on any atom is 0.257 e. The van der Waals surface area contributed by atoms with Crippen LogP contribution in [-0.2, 0) is 16.1 Å². The van der Waals surface area contributed by atoms with Crippen molar-refractivity contribution in [3.05, 3.63) is 93.7 Å². The minimum atomic E-state index is -1.05. The van der Waals surface area contributed by atoms with E-state index in [9.17, 15) is 14.4 Å². The Morgan fingerprint density at radius 1 is 1.00 bits per heavy atom. The van der Waals surface area contributed by atoms with Crippen LogP contribution in [0.5, 0.6) is 5.75 Å². The van der Waals surface area contributed by atoms with E-state index in [4.69, 9.17) is 32.7 Å². The van der Waals surface area contributed by atoms with Crippen molar-refractivity contribution >= 4 is 40.9 Å². The molecule has 1 spiro atoms. The molecule has 1 atom stereocenters. The third-order valence-corrected chi connectivity index (χ3v) is 8.01. The molecule has 1 aromatic heterocycles. The summed E-state index contributed by atoms with van der Waals surface area (Å²) in [4.78, 5) is 48.0. The molecule has 1 N–H and O–H groups in total. The van der Waals surface area contributed by atoms with Gasteiger partial charge in [-0.3, -0.25) is 24.3 Å². The van der Waals surface area contributed by atoms with E-state index in [1.165, 1.54) is 12.0 Å². The van der Waals surface area contributed by atoms with Crippen LogP contribution in [0.25, 0.3) is 0 Å². The number of carbonyl (C=O) groups is 3. The highest BCUT2D eigenvalue weighted by atomic mass is 35.5. The van der Waals surface area contributed by atoms with E-state index >= 15 is 0 Å². The Labute approximate surface area is 242 Å². The summed E-state index contributed by atoms with van der Waals surface area (Å²) in [5.41, 5.74) is 0.445. The molecule has 208 valence electrons. The molecule has 2 aliphatic rings. The van der Waals surface area contributed by atoms with Gasteiger partial charge in [0.2, 0.25) is 5.91 Å². The Hall–Kier alpha value is -3.66. The molecule has 3 heterocycles. The number of ether oxygens (including phenoxy) is 2. The first-order valence-corrected chi connectivity index (χ1v) is 13.6. The first-order valence-electron chi connectivity index (χ1n) is 12.8. The number of methoxy groups -OCH3 is 1. The van der Waals surface area contributed by atoms with Crippen LogP contribution in [0.2, 0.25) is 10.0 Å². The maximum atomic E-state index is 14.0. The third-order valence-electron chi connectivity index (χ3n) is 7.27. The third kappa shape index (κ3) is 5.63. The average molecular weight is 583 g/mol. The first kappa shape index (κ1) is 27.9. The summed E-state index contributed by atoms with van der Waals surface area (Å²) in [5, 5.41) is 3.56. The Morgan fingerprint density at radius 3 is 2.48 bits per heavy atom. The highest BCUT2D eigenvalue weighted by Crippen LogP contribution is 2.39. The molecule has 5 rings (SSSR count). The molecule has 2 fully saturated rings. The Balaban J connectivity index is 1.37. The van der Waals surface area contributed by atoms with Gasteiger partial charge in [-0.1, -0.05) is 35.3 Å². The van der Waals surface area contributed by atoms with Gasteiger partial charge >= 0.3 is 0 Å². The van der Waals surface area contributed by atoms with Crippen LogP contribution in [0.3, 0.4) is 0 Å². The summed E-state index contributed by atoms with van der Waals surface area (Å²) >= 11 is 12.1. The Kier molecular flexibility index (Phi) is 8.25. The summed E-state index contributed by atoms with van der Waals surface area (Å²) in [5.74, 6) is -0.355. The number of nitrogens with one attached hydrogen (secondary N) is 1. The van der Waals surface area contributed by atoms with Crippen LogP contribution in [0, 0.1) is 0 Å². The molecule has 2 aromatic carbocycles. The number of nitrogens with zero attached hydrogens (tertiary/aromatic N) is 3. The maximum absolute atomic E-state index is 14.0. The van der Waals surface area contributed by atoms with E-state index < -0.39 is 11.8 Å². The predicted octanol–water partition coefficient (Wildman–Crippen LogP) is 4.19. The van der Waals surface area contributed by atoms with Gasteiger partial charge in [-0.25, -0.2) is 0 Å². The zero-order valence-corrected chi connectivity index (χ0v) is 23.3. The molecular weight excluding hydrogens is 555 g/mol. The molecule has 3 amide bonds. The van der Waals surface area contributed by atoms with Crippen LogP contribution in [0.1, 0.15) is 39.3 Å². The molecule has 3 aromatic rings. The molecule has 2 aliphatic heterocycles. The number of hydrogen-bond donors (Lipinski definition) is 1. The fourth-order valence-electron chi connectivity index (χ4n) is 5.13. The predicted molar refractivity (Wildman–Crippen MR) is 149 cm³/mol. The van der Waals surface area contributed by atoms with Gasteiger partial charge in [-0.15, -0.1) is 0 Å². The fraction of sp³-hybridized carbons (Fsp3) is 0.310. The first-order chi connectivity index (χ1) is 19.3. The normalized spacial score (nSPS) is 18.0. The van der Waals surface area contributed by atoms with Crippen molar-refractivity contribution in [2.75, 3.05) is 26.8 Å². The van der Waals surface area contributed by atoms with Crippen molar-refractivity contribution in [1.82, 2.24) is 20.1 Å². The van der Waals surface area contributed by atoms with Gasteiger partial charge in [0.25, 0.3) is 11.8 Å². The van der Waals surface area contributed by atoms with Crippen LogP contribution < -0.4 is 10.1 Å². The van der Waals surface area contributed by atoms with Gasteiger partial charge in [0.15, 0.2) is 0 Å². The number of carbonyl (C=O) groups excluding carboxylic acids is 3. The monoisotopic (exact) mass is 582 g/mol. The van der Waals surface area contributed by atoms with E-state index in [2.05, 4.69) is 10.3 Å². The number of rotatable bonds is 6. The number of benzene rings is 2. The molecular formula is C29H28Cl2N4O5. The summed E-state index contributed by atoms with van der Waals surface area (Å²) in [7, 11) is 1.53. The minimum Gasteiger partial charge on any atom is -0.497 e. The second-order valence-electron chi connectivity index (χ2n) is 9.64. The highest BCUT2D eigenvalue weighted by molar-refractivity contribution is 6.42. The van der Waals surface area contributed by atoms with Gasteiger partial charge in [-0.2, -0.15) is 0 Å². The lowest BCUT2D eigenvalue weighted by atomic mass is 9.96. The van der Waals surface area contributed by atoms with Gasteiger partial charge in [0.05, 0.1) is 36.0 Å². The van der Waals surface area contributed by atoms with Crippen LogP contribution in [-0.4, -0.2) is 71.1 Å². The molecule has 0 radical (unpaired) electrons. The SMILES string of the molecule is COc1cccc(C(=O)N2C(C(=O)NCc3ccccn3)COC23CCN(C(=O)c2ccc(Cl)c(Cl)c2)CC3)c1. The lowest BCUT2D eigenvalue weighted by Gasteiger charge is -2.44.